The van der Waals surface area contributed by atoms with Gasteiger partial charge in [0.15, 0.2) is 5.17 Å². The number of ether oxygens (including phenoxy) is 1. The molecule has 0 saturated heterocycles. The van der Waals surface area contributed by atoms with Gasteiger partial charge in [-0.05, 0) is 23.4 Å². The number of amidine groups is 1. The van der Waals surface area contributed by atoms with Crippen LogP contribution in [0.5, 0.6) is 5.75 Å². The molecule has 3 nitrogen and oxygen atoms in total. The zero-order chi connectivity index (χ0) is 16.9. The van der Waals surface area contributed by atoms with Gasteiger partial charge in [-0.15, -0.1) is 0 Å². The maximum atomic E-state index is 6.30. The SMILES string of the molecule is CCSC1=NC(c2ccccc2)=C(c2ccc(OC)c(Cl)c2)[CH]N1. The molecule has 0 aromatic heterocycles. The zero-order valence-electron chi connectivity index (χ0n) is 13.5. The van der Waals surface area contributed by atoms with E-state index in [1.54, 1.807) is 18.9 Å². The van der Waals surface area contributed by atoms with Crippen molar-refractivity contribution < 1.29 is 4.74 Å². The number of nitrogens with zero attached hydrogens (tertiary/aromatic N) is 1. The molecule has 123 valence electrons. The van der Waals surface area contributed by atoms with Crippen molar-refractivity contribution in [2.75, 3.05) is 12.9 Å². The standard InChI is InChI=1S/C19H18ClN2OS/c1-3-24-19-21-12-15(14-9-10-17(23-2)16(20)11-14)18(22-19)13-7-5-4-6-8-13/h4-12H,3H2,1-2H3,(H,21,22). The largest absolute Gasteiger partial charge is 0.495 e. The minimum absolute atomic E-state index is 0.584. The highest BCUT2D eigenvalue weighted by Crippen LogP contribution is 2.35. The van der Waals surface area contributed by atoms with E-state index in [2.05, 4.69) is 24.4 Å². The van der Waals surface area contributed by atoms with Gasteiger partial charge in [0.1, 0.15) is 5.75 Å². The van der Waals surface area contributed by atoms with Gasteiger partial charge in [-0.2, -0.15) is 0 Å². The Bertz CT molecular complexity index is 787. The maximum Gasteiger partial charge on any atom is 0.162 e. The first-order valence-electron chi connectivity index (χ1n) is 7.67. The van der Waals surface area contributed by atoms with Crippen molar-refractivity contribution in [2.24, 2.45) is 4.99 Å². The zero-order valence-corrected chi connectivity index (χ0v) is 15.1. The van der Waals surface area contributed by atoms with E-state index >= 15 is 0 Å². The molecule has 0 amide bonds. The Morgan fingerprint density at radius 3 is 2.58 bits per heavy atom. The van der Waals surface area contributed by atoms with Gasteiger partial charge in [0.2, 0.25) is 0 Å². The molecule has 0 bridgehead atoms. The lowest BCUT2D eigenvalue weighted by atomic mass is 9.98. The van der Waals surface area contributed by atoms with Crippen LogP contribution in [0, 0.1) is 6.54 Å². The number of rotatable bonds is 4. The van der Waals surface area contributed by atoms with Gasteiger partial charge in [-0.3, -0.25) is 0 Å². The predicted molar refractivity (Wildman–Crippen MR) is 104 cm³/mol. The Kier molecular flexibility index (Phi) is 5.48. The molecule has 1 heterocycles. The normalized spacial score (nSPS) is 14.2. The van der Waals surface area contributed by atoms with E-state index < -0.39 is 0 Å². The summed E-state index contributed by atoms with van der Waals surface area (Å²) in [5, 5.41) is 4.76. The predicted octanol–water partition coefficient (Wildman–Crippen LogP) is 5.09. The van der Waals surface area contributed by atoms with Crippen LogP contribution < -0.4 is 10.1 Å². The van der Waals surface area contributed by atoms with Crippen LogP contribution in [0.25, 0.3) is 11.3 Å². The molecule has 0 atom stereocenters. The Morgan fingerprint density at radius 2 is 1.92 bits per heavy atom. The first-order valence-corrected chi connectivity index (χ1v) is 9.04. The summed E-state index contributed by atoms with van der Waals surface area (Å²) in [6.45, 7) is 4.10. The van der Waals surface area contributed by atoms with Crippen LogP contribution in [0.1, 0.15) is 18.1 Å². The number of halogens is 1. The molecule has 1 N–H and O–H groups in total. The van der Waals surface area contributed by atoms with Crippen LogP contribution in [0.3, 0.4) is 0 Å². The lowest BCUT2D eigenvalue weighted by molar-refractivity contribution is 0.415. The summed E-state index contributed by atoms with van der Waals surface area (Å²) >= 11 is 7.98. The van der Waals surface area contributed by atoms with Crippen molar-refractivity contribution in [1.29, 1.82) is 0 Å². The molecule has 24 heavy (non-hydrogen) atoms. The summed E-state index contributed by atoms with van der Waals surface area (Å²) in [4.78, 5) is 4.81. The van der Waals surface area contributed by atoms with Crippen molar-refractivity contribution in [3.8, 4) is 5.75 Å². The summed E-state index contributed by atoms with van der Waals surface area (Å²) in [5.74, 6) is 1.63. The lowest BCUT2D eigenvalue weighted by Crippen LogP contribution is -2.22. The molecule has 2 aromatic carbocycles. The molecule has 0 fully saturated rings. The second-order valence-electron chi connectivity index (χ2n) is 5.12. The summed E-state index contributed by atoms with van der Waals surface area (Å²) < 4.78 is 5.24. The lowest BCUT2D eigenvalue weighted by Gasteiger charge is -2.21. The first kappa shape index (κ1) is 16.9. The van der Waals surface area contributed by atoms with Crippen LogP contribution in [-0.2, 0) is 0 Å². The van der Waals surface area contributed by atoms with E-state index in [9.17, 15) is 0 Å². The highest BCUT2D eigenvalue weighted by atomic mass is 35.5. The van der Waals surface area contributed by atoms with Gasteiger partial charge in [-0.25, -0.2) is 4.99 Å². The fourth-order valence-corrected chi connectivity index (χ4v) is 3.31. The third-order valence-electron chi connectivity index (χ3n) is 3.60. The van der Waals surface area contributed by atoms with Crippen molar-refractivity contribution in [3.05, 3.63) is 71.2 Å². The number of hydrogen-bond acceptors (Lipinski definition) is 4. The van der Waals surface area contributed by atoms with Crippen LogP contribution >= 0.6 is 23.4 Å². The minimum atomic E-state index is 0.584. The average molecular weight is 358 g/mol. The van der Waals surface area contributed by atoms with Gasteiger partial charge < -0.3 is 10.1 Å². The molecular weight excluding hydrogens is 340 g/mol. The first-order chi connectivity index (χ1) is 11.7. The molecular formula is C19H18ClN2OS. The molecule has 0 spiro atoms. The van der Waals surface area contributed by atoms with E-state index in [1.165, 1.54) is 0 Å². The number of methoxy groups -OCH3 is 1. The highest BCUT2D eigenvalue weighted by Gasteiger charge is 2.19. The van der Waals surface area contributed by atoms with Gasteiger partial charge in [0.05, 0.1) is 24.4 Å². The number of aliphatic imine (C=N–C) groups is 1. The summed E-state index contributed by atoms with van der Waals surface area (Å²) in [5.41, 5.74) is 4.01. The minimum Gasteiger partial charge on any atom is -0.495 e. The molecule has 5 heteroatoms. The number of thioether (sulfide) groups is 1. The van der Waals surface area contributed by atoms with E-state index in [-0.39, 0.29) is 0 Å². The Hall–Kier alpha value is -1.91. The average Bonchev–Trinajstić information content (AvgIpc) is 2.62. The van der Waals surface area contributed by atoms with Crippen molar-refractivity contribution in [1.82, 2.24) is 5.32 Å². The van der Waals surface area contributed by atoms with Gasteiger partial charge in [0.25, 0.3) is 0 Å². The van der Waals surface area contributed by atoms with Gasteiger partial charge in [-0.1, -0.05) is 66.7 Å². The van der Waals surface area contributed by atoms with Crippen LogP contribution in [0.15, 0.2) is 53.5 Å². The maximum absolute atomic E-state index is 6.30. The van der Waals surface area contributed by atoms with Crippen LogP contribution in [-0.4, -0.2) is 18.0 Å². The number of hydrogen-bond donors (Lipinski definition) is 1. The third kappa shape index (κ3) is 3.60. The van der Waals surface area contributed by atoms with E-state index in [1.807, 2.05) is 42.9 Å². The molecule has 0 saturated carbocycles. The molecule has 0 aliphatic carbocycles. The van der Waals surface area contributed by atoms with Crippen molar-refractivity contribution >= 4 is 39.8 Å². The molecule has 1 aliphatic rings. The summed E-state index contributed by atoms with van der Waals surface area (Å²) in [6, 6.07) is 16.0. The second kappa shape index (κ2) is 7.77. The molecule has 2 aromatic rings. The van der Waals surface area contributed by atoms with Crippen LogP contribution in [0.4, 0.5) is 0 Å². The van der Waals surface area contributed by atoms with Gasteiger partial charge >= 0.3 is 0 Å². The van der Waals surface area contributed by atoms with Crippen LogP contribution in [0.2, 0.25) is 5.02 Å². The Morgan fingerprint density at radius 1 is 1.12 bits per heavy atom. The Balaban J connectivity index is 2.11. The molecule has 3 rings (SSSR count). The second-order valence-corrected chi connectivity index (χ2v) is 6.78. The fourth-order valence-electron chi connectivity index (χ4n) is 2.48. The number of nitrogens with one attached hydrogen (secondary N) is 1. The molecule has 1 aliphatic heterocycles. The fraction of sp³-hybridized carbons (Fsp3) is 0.158. The summed E-state index contributed by atoms with van der Waals surface area (Å²) in [7, 11) is 1.61. The quantitative estimate of drug-likeness (QED) is 0.827. The Labute approximate surface area is 151 Å². The molecule has 1 radical (unpaired) electrons. The summed E-state index contributed by atoms with van der Waals surface area (Å²) in [6.07, 6.45) is 0. The third-order valence-corrected chi connectivity index (χ3v) is 4.67. The number of benzene rings is 2. The highest BCUT2D eigenvalue weighted by molar-refractivity contribution is 8.13. The molecule has 0 unspecified atom stereocenters. The monoisotopic (exact) mass is 357 g/mol. The topological polar surface area (TPSA) is 33.6 Å². The van der Waals surface area contributed by atoms with E-state index in [0.717, 1.165) is 33.3 Å². The van der Waals surface area contributed by atoms with Crippen molar-refractivity contribution in [2.45, 2.75) is 6.92 Å². The smallest absolute Gasteiger partial charge is 0.162 e. The van der Waals surface area contributed by atoms with Gasteiger partial charge in [0, 0.05) is 11.1 Å². The van der Waals surface area contributed by atoms with Crippen molar-refractivity contribution in [3.63, 3.8) is 0 Å². The van der Waals surface area contributed by atoms with E-state index in [0.29, 0.717) is 10.8 Å². The van der Waals surface area contributed by atoms with E-state index in [4.69, 9.17) is 21.3 Å².